The van der Waals surface area contributed by atoms with E-state index in [0.717, 1.165) is 19.3 Å². The van der Waals surface area contributed by atoms with Crippen molar-refractivity contribution in [1.82, 2.24) is 0 Å². The van der Waals surface area contributed by atoms with Crippen LogP contribution in [0.25, 0.3) is 0 Å². The number of hydrogen-bond acceptors (Lipinski definition) is 2. The number of aliphatic hydroxyl groups is 1. The summed E-state index contributed by atoms with van der Waals surface area (Å²) in [4.78, 5) is 10.7. The molecule has 0 aromatic rings. The van der Waals surface area contributed by atoms with E-state index in [2.05, 4.69) is 0 Å². The fourth-order valence-corrected chi connectivity index (χ4v) is 1.96. The second-order valence-electron chi connectivity index (χ2n) is 3.16. The SMILES string of the molecule is O=C1C[C@@H]2C[C@H](O)C[C@H]12. The molecule has 0 aliphatic heterocycles. The predicted molar refractivity (Wildman–Crippen MR) is 31.8 cm³/mol. The first kappa shape index (κ1) is 5.42. The van der Waals surface area contributed by atoms with E-state index in [-0.39, 0.29) is 12.0 Å². The van der Waals surface area contributed by atoms with Crippen LogP contribution in [0.2, 0.25) is 0 Å². The number of fused-ring (bicyclic) bond motifs is 1. The Labute approximate surface area is 53.9 Å². The van der Waals surface area contributed by atoms with Crippen LogP contribution in [-0.2, 0) is 4.79 Å². The third-order valence-electron chi connectivity index (χ3n) is 2.55. The summed E-state index contributed by atoms with van der Waals surface area (Å²) in [6.45, 7) is 0. The number of carbonyl (C=O) groups is 1. The van der Waals surface area contributed by atoms with Gasteiger partial charge in [0.05, 0.1) is 6.10 Å². The zero-order chi connectivity index (χ0) is 6.43. The van der Waals surface area contributed by atoms with Crippen molar-refractivity contribution in [1.29, 1.82) is 0 Å². The molecule has 2 rings (SSSR count). The van der Waals surface area contributed by atoms with Crippen molar-refractivity contribution >= 4 is 5.78 Å². The Kier molecular flexibility index (Phi) is 0.943. The van der Waals surface area contributed by atoms with Crippen LogP contribution in [0.5, 0.6) is 0 Å². The van der Waals surface area contributed by atoms with Gasteiger partial charge in [0.15, 0.2) is 0 Å². The summed E-state index contributed by atoms with van der Waals surface area (Å²) >= 11 is 0. The van der Waals surface area contributed by atoms with Crippen molar-refractivity contribution in [3.05, 3.63) is 0 Å². The number of Topliss-reactive ketones (excluding diaryl/α,β-unsaturated/α-hetero) is 1. The Hall–Kier alpha value is -0.370. The maximum atomic E-state index is 10.7. The molecule has 2 saturated carbocycles. The summed E-state index contributed by atoms with van der Waals surface area (Å²) < 4.78 is 0. The van der Waals surface area contributed by atoms with Crippen LogP contribution in [0, 0.1) is 11.8 Å². The average Bonchev–Trinajstić information content (AvgIpc) is 2.08. The monoisotopic (exact) mass is 126 g/mol. The first-order valence-corrected chi connectivity index (χ1v) is 3.48. The van der Waals surface area contributed by atoms with Crippen LogP contribution in [-0.4, -0.2) is 17.0 Å². The molecule has 2 fully saturated rings. The zero-order valence-corrected chi connectivity index (χ0v) is 5.21. The highest BCUT2D eigenvalue weighted by Gasteiger charge is 2.46. The Morgan fingerprint density at radius 2 is 2.22 bits per heavy atom. The highest BCUT2D eigenvalue weighted by molar-refractivity contribution is 5.87. The van der Waals surface area contributed by atoms with Crippen LogP contribution in [0.15, 0.2) is 0 Å². The highest BCUT2D eigenvalue weighted by Crippen LogP contribution is 2.43. The van der Waals surface area contributed by atoms with Crippen LogP contribution in [0.4, 0.5) is 0 Å². The van der Waals surface area contributed by atoms with Gasteiger partial charge in [-0.1, -0.05) is 0 Å². The van der Waals surface area contributed by atoms with Gasteiger partial charge in [-0.3, -0.25) is 4.79 Å². The van der Waals surface area contributed by atoms with Gasteiger partial charge in [0.1, 0.15) is 5.78 Å². The van der Waals surface area contributed by atoms with Gasteiger partial charge >= 0.3 is 0 Å². The van der Waals surface area contributed by atoms with Crippen LogP contribution in [0.1, 0.15) is 19.3 Å². The van der Waals surface area contributed by atoms with Gasteiger partial charge in [-0.2, -0.15) is 0 Å². The maximum Gasteiger partial charge on any atom is 0.136 e. The number of hydrogen-bond donors (Lipinski definition) is 1. The lowest BCUT2D eigenvalue weighted by atomic mass is 9.75. The van der Waals surface area contributed by atoms with Crippen molar-refractivity contribution in [2.75, 3.05) is 0 Å². The molecule has 3 atom stereocenters. The molecule has 50 valence electrons. The molecule has 0 unspecified atom stereocenters. The van der Waals surface area contributed by atoms with E-state index in [4.69, 9.17) is 5.11 Å². The average molecular weight is 126 g/mol. The Bertz CT molecular complexity index is 153. The van der Waals surface area contributed by atoms with Gasteiger partial charge in [0, 0.05) is 12.3 Å². The molecular weight excluding hydrogens is 116 g/mol. The molecular formula is C7H10O2. The van der Waals surface area contributed by atoms with Crippen molar-refractivity contribution in [3.63, 3.8) is 0 Å². The van der Waals surface area contributed by atoms with E-state index in [1.54, 1.807) is 0 Å². The van der Waals surface area contributed by atoms with Gasteiger partial charge in [-0.25, -0.2) is 0 Å². The van der Waals surface area contributed by atoms with E-state index in [9.17, 15) is 4.79 Å². The third-order valence-corrected chi connectivity index (χ3v) is 2.55. The van der Waals surface area contributed by atoms with Gasteiger partial charge in [0.2, 0.25) is 0 Å². The normalized spacial score (nSPS) is 48.6. The first-order valence-electron chi connectivity index (χ1n) is 3.48. The largest absolute Gasteiger partial charge is 0.393 e. The van der Waals surface area contributed by atoms with Crippen LogP contribution >= 0.6 is 0 Å². The second kappa shape index (κ2) is 1.57. The van der Waals surface area contributed by atoms with Gasteiger partial charge in [-0.05, 0) is 18.8 Å². The number of carbonyl (C=O) groups excluding carboxylic acids is 1. The van der Waals surface area contributed by atoms with Gasteiger partial charge < -0.3 is 5.11 Å². The van der Waals surface area contributed by atoms with Crippen LogP contribution in [0.3, 0.4) is 0 Å². The summed E-state index contributed by atoms with van der Waals surface area (Å²) in [5.74, 6) is 1.17. The smallest absolute Gasteiger partial charge is 0.136 e. The lowest BCUT2D eigenvalue weighted by Crippen LogP contribution is -2.32. The molecule has 0 heterocycles. The van der Waals surface area contributed by atoms with Gasteiger partial charge in [-0.15, -0.1) is 0 Å². The molecule has 2 aliphatic carbocycles. The molecule has 2 nitrogen and oxygen atoms in total. The van der Waals surface area contributed by atoms with Crippen molar-refractivity contribution in [2.24, 2.45) is 11.8 Å². The summed E-state index contributed by atoms with van der Waals surface area (Å²) in [7, 11) is 0. The number of aliphatic hydroxyl groups excluding tert-OH is 1. The molecule has 0 bridgehead atoms. The van der Waals surface area contributed by atoms with E-state index < -0.39 is 0 Å². The van der Waals surface area contributed by atoms with Gasteiger partial charge in [0.25, 0.3) is 0 Å². The Morgan fingerprint density at radius 1 is 1.44 bits per heavy atom. The minimum Gasteiger partial charge on any atom is -0.393 e. The zero-order valence-electron chi connectivity index (χ0n) is 5.21. The molecule has 0 spiro atoms. The molecule has 1 N–H and O–H groups in total. The molecule has 0 saturated heterocycles. The fourth-order valence-electron chi connectivity index (χ4n) is 1.96. The van der Waals surface area contributed by atoms with Crippen LogP contribution < -0.4 is 0 Å². The minimum absolute atomic E-state index is 0.175. The number of ketones is 1. The van der Waals surface area contributed by atoms with Crippen molar-refractivity contribution in [2.45, 2.75) is 25.4 Å². The number of rotatable bonds is 0. The molecule has 2 aliphatic rings. The third kappa shape index (κ3) is 0.628. The molecule has 0 radical (unpaired) electrons. The first-order chi connectivity index (χ1) is 4.27. The van der Waals surface area contributed by atoms with E-state index in [1.165, 1.54) is 0 Å². The maximum absolute atomic E-state index is 10.7. The second-order valence-corrected chi connectivity index (χ2v) is 3.16. The summed E-state index contributed by atoms with van der Waals surface area (Å²) in [6.07, 6.45) is 2.17. The molecule has 0 aromatic carbocycles. The van der Waals surface area contributed by atoms with Crippen molar-refractivity contribution < 1.29 is 9.90 Å². The quantitative estimate of drug-likeness (QED) is 0.508. The Morgan fingerprint density at radius 3 is 2.67 bits per heavy atom. The van der Waals surface area contributed by atoms with Crippen molar-refractivity contribution in [3.8, 4) is 0 Å². The fraction of sp³-hybridized carbons (Fsp3) is 0.857. The molecule has 0 aromatic heterocycles. The minimum atomic E-state index is -0.175. The summed E-state index contributed by atoms with van der Waals surface area (Å²) in [6, 6.07) is 0. The topological polar surface area (TPSA) is 37.3 Å². The van der Waals surface area contributed by atoms with E-state index in [1.807, 2.05) is 0 Å². The molecule has 2 heteroatoms. The summed E-state index contributed by atoms with van der Waals surface area (Å²) in [5.41, 5.74) is 0. The van der Waals surface area contributed by atoms with E-state index >= 15 is 0 Å². The lowest BCUT2D eigenvalue weighted by molar-refractivity contribution is -0.132. The Balaban J connectivity index is 2.08. The highest BCUT2D eigenvalue weighted by atomic mass is 16.3. The molecule has 0 amide bonds. The standard InChI is InChI=1S/C7H10O2/c8-5-1-4-2-7(9)6(4)3-5/h4-6,8H,1-3H2/t4-,5-,6-/m0/s1. The van der Waals surface area contributed by atoms with E-state index in [0.29, 0.717) is 11.7 Å². The molecule has 9 heavy (non-hydrogen) atoms. The lowest BCUT2D eigenvalue weighted by Gasteiger charge is -2.27. The summed E-state index contributed by atoms with van der Waals surface area (Å²) in [5, 5.41) is 9.08. The predicted octanol–water partition coefficient (Wildman–Crippen LogP) is 0.346.